The number of amides is 1. The Morgan fingerprint density at radius 1 is 1.26 bits per heavy atom. The first-order valence-electron chi connectivity index (χ1n) is 7.17. The lowest BCUT2D eigenvalue weighted by atomic mass is 10.1. The number of halogens is 3. The predicted molar refractivity (Wildman–Crippen MR) is 76.1 cm³/mol. The number of nitrogens with one attached hydrogen (secondary N) is 1. The van der Waals surface area contributed by atoms with Crippen molar-refractivity contribution in [1.82, 2.24) is 15.5 Å². The van der Waals surface area contributed by atoms with Crippen LogP contribution < -0.4 is 5.32 Å². The second-order valence-electron chi connectivity index (χ2n) is 4.97. The van der Waals surface area contributed by atoms with Crippen molar-refractivity contribution in [2.75, 3.05) is 0 Å². The molecule has 0 radical (unpaired) electrons. The monoisotopic (exact) mass is 327 g/mol. The van der Waals surface area contributed by atoms with E-state index >= 15 is 0 Å². The van der Waals surface area contributed by atoms with E-state index in [1.54, 1.807) is 0 Å². The lowest BCUT2D eigenvalue weighted by Gasteiger charge is -2.05. The summed E-state index contributed by atoms with van der Waals surface area (Å²) in [5, 5.41) is 6.34. The van der Waals surface area contributed by atoms with Crippen molar-refractivity contribution in [2.45, 2.75) is 38.9 Å². The molecular formula is C15H16F3N3O2. The zero-order valence-electron chi connectivity index (χ0n) is 12.5. The minimum absolute atomic E-state index is 0.0934. The molecule has 2 rings (SSSR count). The molecule has 0 saturated carbocycles. The van der Waals surface area contributed by atoms with Crippen molar-refractivity contribution in [1.29, 1.82) is 0 Å². The molecule has 0 atom stereocenters. The summed E-state index contributed by atoms with van der Waals surface area (Å²) in [5.74, 6) is 0.266. The van der Waals surface area contributed by atoms with E-state index in [-0.39, 0.29) is 24.2 Å². The molecular weight excluding hydrogens is 311 g/mol. The summed E-state index contributed by atoms with van der Waals surface area (Å²) in [7, 11) is 0. The molecule has 1 aromatic carbocycles. The van der Waals surface area contributed by atoms with Gasteiger partial charge in [0.1, 0.15) is 0 Å². The molecule has 1 heterocycles. The van der Waals surface area contributed by atoms with Crippen molar-refractivity contribution in [3.05, 3.63) is 35.7 Å². The third kappa shape index (κ3) is 4.80. The van der Waals surface area contributed by atoms with Crippen LogP contribution >= 0.6 is 0 Å². The summed E-state index contributed by atoms with van der Waals surface area (Å²) in [5.41, 5.74) is -0.335. The number of hydrogen-bond donors (Lipinski definition) is 1. The van der Waals surface area contributed by atoms with Gasteiger partial charge in [-0.1, -0.05) is 30.6 Å². The van der Waals surface area contributed by atoms with Gasteiger partial charge in [-0.15, -0.1) is 0 Å². The van der Waals surface area contributed by atoms with Gasteiger partial charge in [0.15, 0.2) is 0 Å². The van der Waals surface area contributed by atoms with E-state index in [4.69, 9.17) is 4.52 Å². The second kappa shape index (κ2) is 7.26. The average Bonchev–Trinajstić information content (AvgIpc) is 2.99. The van der Waals surface area contributed by atoms with E-state index in [2.05, 4.69) is 15.5 Å². The lowest BCUT2D eigenvalue weighted by Crippen LogP contribution is -2.22. The fourth-order valence-electron chi connectivity index (χ4n) is 1.85. The Hall–Kier alpha value is -2.38. The third-order valence-electron chi connectivity index (χ3n) is 3.13. The number of benzene rings is 1. The Bertz CT molecular complexity index is 651. The van der Waals surface area contributed by atoms with Crippen LogP contribution in [0.4, 0.5) is 13.2 Å². The largest absolute Gasteiger partial charge is 0.416 e. The van der Waals surface area contributed by atoms with Crippen LogP contribution in [0.1, 0.15) is 37.6 Å². The molecule has 0 aliphatic rings. The summed E-state index contributed by atoms with van der Waals surface area (Å²) in [6.45, 7) is 2.08. The molecule has 0 bridgehead atoms. The normalized spacial score (nSPS) is 11.5. The van der Waals surface area contributed by atoms with Gasteiger partial charge >= 0.3 is 6.18 Å². The minimum atomic E-state index is -4.39. The van der Waals surface area contributed by atoms with Crippen molar-refractivity contribution >= 4 is 5.91 Å². The van der Waals surface area contributed by atoms with Crippen molar-refractivity contribution in [3.8, 4) is 11.4 Å². The number of hydrogen-bond acceptors (Lipinski definition) is 4. The molecule has 2 aromatic rings. The number of alkyl halides is 3. The quantitative estimate of drug-likeness (QED) is 0.881. The van der Waals surface area contributed by atoms with Crippen LogP contribution in [0.5, 0.6) is 0 Å². The fraction of sp³-hybridized carbons (Fsp3) is 0.400. The smallest absolute Gasteiger partial charge is 0.347 e. The van der Waals surface area contributed by atoms with Gasteiger partial charge in [-0.2, -0.15) is 18.2 Å². The summed E-state index contributed by atoms with van der Waals surface area (Å²) >= 11 is 0. The number of carbonyl (C=O) groups is 1. The van der Waals surface area contributed by atoms with E-state index in [1.807, 2.05) is 6.92 Å². The predicted octanol–water partition coefficient (Wildman–Crippen LogP) is 3.56. The van der Waals surface area contributed by atoms with Crippen molar-refractivity contribution in [3.63, 3.8) is 0 Å². The molecule has 1 amide bonds. The van der Waals surface area contributed by atoms with Crippen LogP contribution in [0.3, 0.4) is 0 Å². The van der Waals surface area contributed by atoms with Gasteiger partial charge in [0.05, 0.1) is 12.1 Å². The van der Waals surface area contributed by atoms with Gasteiger partial charge in [-0.05, 0) is 18.6 Å². The molecule has 23 heavy (non-hydrogen) atoms. The topological polar surface area (TPSA) is 68.0 Å². The number of aromatic nitrogens is 2. The average molecular weight is 327 g/mol. The molecule has 0 aliphatic heterocycles. The molecule has 8 heteroatoms. The van der Waals surface area contributed by atoms with Crippen LogP contribution in [0, 0.1) is 0 Å². The molecule has 1 N–H and O–H groups in total. The van der Waals surface area contributed by atoms with Gasteiger partial charge in [0.25, 0.3) is 0 Å². The highest BCUT2D eigenvalue weighted by molar-refractivity contribution is 5.75. The molecule has 124 valence electrons. The fourth-order valence-corrected chi connectivity index (χ4v) is 1.85. The Kier molecular flexibility index (Phi) is 5.36. The second-order valence-corrected chi connectivity index (χ2v) is 4.97. The van der Waals surface area contributed by atoms with Crippen LogP contribution in [-0.4, -0.2) is 16.0 Å². The SMILES string of the molecule is CCCCC(=O)NCc1nc(-c2ccc(C(F)(F)F)cc2)no1. The zero-order valence-corrected chi connectivity index (χ0v) is 12.5. The first kappa shape index (κ1) is 17.0. The van der Waals surface area contributed by atoms with E-state index < -0.39 is 11.7 Å². The van der Waals surface area contributed by atoms with Crippen LogP contribution in [-0.2, 0) is 17.5 Å². The summed E-state index contributed by atoms with van der Waals surface area (Å²) in [6.07, 6.45) is -2.24. The highest BCUT2D eigenvalue weighted by Gasteiger charge is 2.30. The molecule has 0 unspecified atom stereocenters. The zero-order chi connectivity index (χ0) is 16.9. The highest BCUT2D eigenvalue weighted by atomic mass is 19.4. The number of nitrogens with zero attached hydrogens (tertiary/aromatic N) is 2. The van der Waals surface area contributed by atoms with Crippen molar-refractivity contribution in [2.24, 2.45) is 0 Å². The number of unbranched alkanes of at least 4 members (excludes halogenated alkanes) is 1. The van der Waals surface area contributed by atoms with Gasteiger partial charge in [-0.3, -0.25) is 4.79 Å². The molecule has 0 spiro atoms. The summed E-state index contributed by atoms with van der Waals surface area (Å²) in [6, 6.07) is 4.46. The minimum Gasteiger partial charge on any atom is -0.347 e. The summed E-state index contributed by atoms with van der Waals surface area (Å²) < 4.78 is 42.5. The lowest BCUT2D eigenvalue weighted by molar-refractivity contribution is -0.137. The van der Waals surface area contributed by atoms with E-state index in [1.165, 1.54) is 12.1 Å². The number of rotatable bonds is 6. The molecule has 1 aromatic heterocycles. The molecule has 0 fully saturated rings. The first-order chi connectivity index (χ1) is 10.9. The highest BCUT2D eigenvalue weighted by Crippen LogP contribution is 2.30. The van der Waals surface area contributed by atoms with Gasteiger partial charge in [0, 0.05) is 12.0 Å². The van der Waals surface area contributed by atoms with E-state index in [0.29, 0.717) is 12.0 Å². The Balaban J connectivity index is 1.98. The van der Waals surface area contributed by atoms with Crippen LogP contribution in [0.25, 0.3) is 11.4 Å². The van der Waals surface area contributed by atoms with E-state index in [0.717, 1.165) is 25.0 Å². The van der Waals surface area contributed by atoms with Crippen molar-refractivity contribution < 1.29 is 22.5 Å². The molecule has 0 aliphatic carbocycles. The molecule has 0 saturated heterocycles. The van der Waals surface area contributed by atoms with Crippen LogP contribution in [0.15, 0.2) is 28.8 Å². The maximum Gasteiger partial charge on any atom is 0.416 e. The maximum absolute atomic E-state index is 12.5. The van der Waals surface area contributed by atoms with E-state index in [9.17, 15) is 18.0 Å². The van der Waals surface area contributed by atoms with Gasteiger partial charge < -0.3 is 9.84 Å². The Labute approximate surface area is 130 Å². The van der Waals surface area contributed by atoms with Gasteiger partial charge in [-0.25, -0.2) is 0 Å². The first-order valence-corrected chi connectivity index (χ1v) is 7.17. The van der Waals surface area contributed by atoms with Crippen LogP contribution in [0.2, 0.25) is 0 Å². The molecule has 5 nitrogen and oxygen atoms in total. The van der Waals surface area contributed by atoms with Gasteiger partial charge in [0.2, 0.25) is 17.6 Å². The maximum atomic E-state index is 12.5. The number of carbonyl (C=O) groups excluding carboxylic acids is 1. The summed E-state index contributed by atoms with van der Waals surface area (Å²) in [4.78, 5) is 15.5. The third-order valence-corrected chi connectivity index (χ3v) is 3.13. The Morgan fingerprint density at radius 2 is 1.96 bits per heavy atom. The Morgan fingerprint density at radius 3 is 2.57 bits per heavy atom. The standard InChI is InChI=1S/C15H16F3N3O2/c1-2-3-4-12(22)19-9-13-20-14(21-23-13)10-5-7-11(8-6-10)15(16,17)18/h5-8H,2-4,9H2,1H3,(H,19,22).